The van der Waals surface area contributed by atoms with Crippen LogP contribution in [-0.4, -0.2) is 21.9 Å². The molecule has 0 aliphatic carbocycles. The Morgan fingerprint density at radius 1 is 1.41 bits per heavy atom. The first-order chi connectivity index (χ1) is 7.84. The Balaban J connectivity index is 2.76. The number of nitrogen functional groups attached to an aromatic ring is 1. The maximum Gasteiger partial charge on any atom is 0.271 e. The van der Waals surface area contributed by atoms with Crippen LogP contribution in [-0.2, 0) is 0 Å². The molecule has 0 radical (unpaired) electrons. The first kappa shape index (κ1) is 13.4. The van der Waals surface area contributed by atoms with E-state index in [9.17, 15) is 4.79 Å². The third-order valence-corrected chi connectivity index (χ3v) is 2.66. The van der Waals surface area contributed by atoms with Crippen molar-refractivity contribution in [3.05, 3.63) is 18.1 Å². The second-order valence-electron chi connectivity index (χ2n) is 5.00. The lowest BCUT2D eigenvalue weighted by atomic mass is 9.88. The van der Waals surface area contributed by atoms with Gasteiger partial charge in [-0.1, -0.05) is 20.8 Å². The summed E-state index contributed by atoms with van der Waals surface area (Å²) in [5.41, 5.74) is 2.59. The zero-order valence-corrected chi connectivity index (χ0v) is 10.6. The van der Waals surface area contributed by atoms with E-state index in [1.807, 2.05) is 6.92 Å². The number of nitrogens with two attached hydrogens (primary N) is 1. The van der Waals surface area contributed by atoms with Crippen LogP contribution in [0.15, 0.2) is 12.4 Å². The number of aromatic nitrogens is 2. The highest BCUT2D eigenvalue weighted by Crippen LogP contribution is 2.18. The van der Waals surface area contributed by atoms with Crippen molar-refractivity contribution >= 4 is 11.7 Å². The van der Waals surface area contributed by atoms with E-state index in [1.165, 1.54) is 12.4 Å². The summed E-state index contributed by atoms with van der Waals surface area (Å²) in [7, 11) is 0. The molecule has 1 aromatic heterocycles. The van der Waals surface area contributed by atoms with Gasteiger partial charge in [-0.15, -0.1) is 0 Å². The van der Waals surface area contributed by atoms with Crippen molar-refractivity contribution in [2.45, 2.75) is 33.7 Å². The van der Waals surface area contributed by atoms with E-state index >= 15 is 0 Å². The summed E-state index contributed by atoms with van der Waals surface area (Å²) in [5.74, 6) is 5.31. The van der Waals surface area contributed by atoms with Gasteiger partial charge in [-0.3, -0.25) is 9.78 Å². The molecule has 1 unspecified atom stereocenters. The molecule has 0 saturated heterocycles. The standard InChI is InChI=1S/C11H19N5O/c1-7(11(2,3)4)14-10(17)8-5-13-6-9(15-8)16-12/h5-7H,12H2,1-4H3,(H,14,17)(H,15,16). The van der Waals surface area contributed by atoms with E-state index in [2.05, 4.69) is 41.5 Å². The third kappa shape index (κ3) is 3.67. The molecule has 0 fully saturated rings. The van der Waals surface area contributed by atoms with Crippen molar-refractivity contribution in [3.63, 3.8) is 0 Å². The van der Waals surface area contributed by atoms with E-state index in [0.717, 1.165) is 0 Å². The van der Waals surface area contributed by atoms with Crippen LogP contribution in [0.1, 0.15) is 38.2 Å². The number of hydrogen-bond acceptors (Lipinski definition) is 5. The SMILES string of the molecule is CC(NC(=O)c1cncc(NN)n1)C(C)(C)C. The largest absolute Gasteiger partial charge is 0.348 e. The van der Waals surface area contributed by atoms with Crippen LogP contribution in [0.5, 0.6) is 0 Å². The number of nitrogens with one attached hydrogen (secondary N) is 2. The number of amides is 1. The molecule has 94 valence electrons. The Bertz CT molecular complexity index is 399. The number of hydrazine groups is 1. The minimum absolute atomic E-state index is 0.00713. The number of anilines is 1. The molecular formula is C11H19N5O. The maximum absolute atomic E-state index is 11.9. The molecule has 1 atom stereocenters. The Labute approximate surface area is 101 Å². The number of carbonyl (C=O) groups is 1. The molecule has 0 aliphatic rings. The summed E-state index contributed by atoms with van der Waals surface area (Å²) in [6, 6.07) is 0.0336. The van der Waals surface area contributed by atoms with E-state index in [0.29, 0.717) is 5.82 Å². The van der Waals surface area contributed by atoms with Gasteiger partial charge in [0.05, 0.1) is 12.4 Å². The highest BCUT2D eigenvalue weighted by atomic mass is 16.1. The van der Waals surface area contributed by atoms with Crippen molar-refractivity contribution in [2.24, 2.45) is 11.3 Å². The first-order valence-electron chi connectivity index (χ1n) is 5.44. The summed E-state index contributed by atoms with van der Waals surface area (Å²) in [6.45, 7) is 8.13. The van der Waals surface area contributed by atoms with Gasteiger partial charge in [-0.25, -0.2) is 10.8 Å². The van der Waals surface area contributed by atoms with E-state index in [-0.39, 0.29) is 23.1 Å². The molecule has 0 aromatic carbocycles. The lowest BCUT2D eigenvalue weighted by Crippen LogP contribution is -2.41. The Morgan fingerprint density at radius 3 is 2.59 bits per heavy atom. The van der Waals surface area contributed by atoms with E-state index < -0.39 is 0 Å². The highest BCUT2D eigenvalue weighted by Gasteiger charge is 2.22. The molecule has 1 rings (SSSR count). The summed E-state index contributed by atoms with van der Waals surface area (Å²) in [4.78, 5) is 19.8. The van der Waals surface area contributed by atoms with Gasteiger partial charge in [0.2, 0.25) is 0 Å². The molecule has 0 aliphatic heterocycles. The lowest BCUT2D eigenvalue weighted by Gasteiger charge is -2.27. The molecular weight excluding hydrogens is 218 g/mol. The Hall–Kier alpha value is -1.69. The lowest BCUT2D eigenvalue weighted by molar-refractivity contribution is 0.0904. The predicted octanol–water partition coefficient (Wildman–Crippen LogP) is 0.927. The van der Waals surface area contributed by atoms with Crippen molar-refractivity contribution in [3.8, 4) is 0 Å². The predicted molar refractivity (Wildman–Crippen MR) is 66.2 cm³/mol. The molecule has 1 aromatic rings. The maximum atomic E-state index is 11.9. The fraction of sp³-hybridized carbons (Fsp3) is 0.545. The van der Waals surface area contributed by atoms with Crippen LogP contribution < -0.4 is 16.6 Å². The van der Waals surface area contributed by atoms with Gasteiger partial charge in [0, 0.05) is 6.04 Å². The van der Waals surface area contributed by atoms with Crippen LogP contribution in [0.4, 0.5) is 5.82 Å². The summed E-state index contributed by atoms with van der Waals surface area (Å²) in [5, 5.41) is 2.88. The molecule has 1 heterocycles. The monoisotopic (exact) mass is 237 g/mol. The van der Waals surface area contributed by atoms with Crippen LogP contribution in [0.25, 0.3) is 0 Å². The molecule has 4 N–H and O–H groups in total. The number of hydrogen-bond donors (Lipinski definition) is 3. The van der Waals surface area contributed by atoms with Crippen LogP contribution in [0.3, 0.4) is 0 Å². The van der Waals surface area contributed by atoms with Gasteiger partial charge in [0.25, 0.3) is 5.91 Å². The number of rotatable bonds is 3. The summed E-state index contributed by atoms with van der Waals surface area (Å²) < 4.78 is 0. The van der Waals surface area contributed by atoms with Crippen LogP contribution in [0, 0.1) is 5.41 Å². The van der Waals surface area contributed by atoms with Gasteiger partial charge >= 0.3 is 0 Å². The Kier molecular flexibility index (Phi) is 4.01. The van der Waals surface area contributed by atoms with Crippen molar-refractivity contribution in [2.75, 3.05) is 5.43 Å². The third-order valence-electron chi connectivity index (χ3n) is 2.66. The quantitative estimate of drug-likeness (QED) is 0.537. The molecule has 0 bridgehead atoms. The fourth-order valence-corrected chi connectivity index (χ4v) is 1.03. The fourth-order valence-electron chi connectivity index (χ4n) is 1.03. The smallest absolute Gasteiger partial charge is 0.271 e. The first-order valence-corrected chi connectivity index (χ1v) is 5.44. The number of nitrogens with zero attached hydrogens (tertiary/aromatic N) is 2. The average molecular weight is 237 g/mol. The minimum Gasteiger partial charge on any atom is -0.348 e. The normalized spacial score (nSPS) is 13.0. The van der Waals surface area contributed by atoms with E-state index in [4.69, 9.17) is 5.84 Å². The van der Waals surface area contributed by atoms with Gasteiger partial charge in [-0.2, -0.15) is 0 Å². The second kappa shape index (κ2) is 5.09. The van der Waals surface area contributed by atoms with Crippen LogP contribution in [0.2, 0.25) is 0 Å². The summed E-state index contributed by atoms with van der Waals surface area (Å²) >= 11 is 0. The zero-order valence-electron chi connectivity index (χ0n) is 10.6. The zero-order chi connectivity index (χ0) is 13.1. The van der Waals surface area contributed by atoms with Crippen LogP contribution >= 0.6 is 0 Å². The van der Waals surface area contributed by atoms with Crippen molar-refractivity contribution < 1.29 is 4.79 Å². The molecule has 6 heteroatoms. The van der Waals surface area contributed by atoms with Crippen molar-refractivity contribution in [1.29, 1.82) is 0 Å². The van der Waals surface area contributed by atoms with Gasteiger partial charge in [-0.05, 0) is 12.3 Å². The minimum atomic E-state index is -0.253. The van der Waals surface area contributed by atoms with Crippen molar-refractivity contribution in [1.82, 2.24) is 15.3 Å². The number of carbonyl (C=O) groups excluding carboxylic acids is 1. The Morgan fingerprint density at radius 2 is 2.06 bits per heavy atom. The van der Waals surface area contributed by atoms with E-state index in [1.54, 1.807) is 0 Å². The topological polar surface area (TPSA) is 92.9 Å². The average Bonchev–Trinajstić information content (AvgIpc) is 2.27. The van der Waals surface area contributed by atoms with Gasteiger partial charge < -0.3 is 10.7 Å². The highest BCUT2D eigenvalue weighted by molar-refractivity contribution is 5.92. The summed E-state index contributed by atoms with van der Waals surface area (Å²) in [6.07, 6.45) is 2.86. The van der Waals surface area contributed by atoms with Gasteiger partial charge in [0.1, 0.15) is 5.69 Å². The molecule has 6 nitrogen and oxygen atoms in total. The molecule has 17 heavy (non-hydrogen) atoms. The van der Waals surface area contributed by atoms with Gasteiger partial charge in [0.15, 0.2) is 5.82 Å². The molecule has 1 amide bonds. The molecule has 0 saturated carbocycles. The molecule has 0 spiro atoms. The second-order valence-corrected chi connectivity index (χ2v) is 5.00.